The summed E-state index contributed by atoms with van der Waals surface area (Å²) in [6.07, 6.45) is -1.03. The molecule has 0 radical (unpaired) electrons. The van der Waals surface area contributed by atoms with E-state index in [4.69, 9.17) is 4.74 Å². The molecule has 0 fully saturated rings. The summed E-state index contributed by atoms with van der Waals surface area (Å²) in [5.74, 6) is -0.671. The van der Waals surface area contributed by atoms with Crippen molar-refractivity contribution in [3.05, 3.63) is 66.2 Å². The summed E-state index contributed by atoms with van der Waals surface area (Å²) < 4.78 is 5.34. The molecule has 2 aromatic rings. The zero-order valence-electron chi connectivity index (χ0n) is 14.3. The van der Waals surface area contributed by atoms with Crippen LogP contribution < -0.4 is 10.6 Å². The number of ether oxygens (including phenoxy) is 1. The van der Waals surface area contributed by atoms with Crippen molar-refractivity contribution in [2.24, 2.45) is 0 Å². The number of rotatable bonds is 7. The Hall–Kier alpha value is -2.80. The van der Waals surface area contributed by atoms with E-state index in [0.717, 1.165) is 4.90 Å². The van der Waals surface area contributed by atoms with Crippen molar-refractivity contribution in [3.8, 4) is 0 Å². The van der Waals surface area contributed by atoms with Crippen LogP contribution in [0, 0.1) is 0 Å². The summed E-state index contributed by atoms with van der Waals surface area (Å²) in [5.41, 5.74) is 0.498. The molecule has 0 aliphatic rings. The summed E-state index contributed by atoms with van der Waals surface area (Å²) in [7, 11) is 1.40. The molecule has 0 bridgehead atoms. The van der Waals surface area contributed by atoms with Gasteiger partial charge >= 0.3 is 12.0 Å². The lowest BCUT2D eigenvalue weighted by Gasteiger charge is -2.17. The highest BCUT2D eigenvalue weighted by molar-refractivity contribution is 7.99. The lowest BCUT2D eigenvalue weighted by Crippen LogP contribution is -2.41. The molecule has 0 saturated heterocycles. The Labute approximate surface area is 156 Å². The van der Waals surface area contributed by atoms with Gasteiger partial charge in [0, 0.05) is 23.3 Å². The van der Waals surface area contributed by atoms with Gasteiger partial charge in [0.15, 0.2) is 0 Å². The number of esters is 1. The van der Waals surface area contributed by atoms with Crippen LogP contribution in [0.25, 0.3) is 0 Å². The molecule has 0 spiro atoms. The Kier molecular flexibility index (Phi) is 7.70. The fourth-order valence-corrected chi connectivity index (χ4v) is 2.95. The minimum Gasteiger partial charge on any atom is -0.447 e. The molecule has 3 amide bonds. The third-order valence-corrected chi connectivity index (χ3v) is 4.39. The second-order valence-electron chi connectivity index (χ2n) is 5.26. The molecular weight excluding hydrogens is 352 g/mol. The number of thioether (sulfide) groups is 1. The summed E-state index contributed by atoms with van der Waals surface area (Å²) in [5, 5.41) is 4.44. The monoisotopic (exact) mass is 372 g/mol. The maximum atomic E-state index is 12.3. The van der Waals surface area contributed by atoms with E-state index in [-0.39, 0.29) is 6.42 Å². The van der Waals surface area contributed by atoms with Crippen LogP contribution in [0.2, 0.25) is 0 Å². The minimum absolute atomic E-state index is 0.149. The van der Waals surface area contributed by atoms with Crippen LogP contribution in [0.1, 0.15) is 18.1 Å². The van der Waals surface area contributed by atoms with Gasteiger partial charge in [-0.3, -0.25) is 14.9 Å². The number of nitrogens with one attached hydrogen (secondary N) is 2. The Morgan fingerprint density at radius 1 is 1.00 bits per heavy atom. The lowest BCUT2D eigenvalue weighted by molar-refractivity contribution is -0.155. The fourth-order valence-electron chi connectivity index (χ4n) is 2.10. The largest absolute Gasteiger partial charge is 0.447 e. The number of urea groups is 1. The number of benzene rings is 2. The molecule has 0 aliphatic heterocycles. The third kappa shape index (κ3) is 6.25. The van der Waals surface area contributed by atoms with E-state index in [0.29, 0.717) is 11.3 Å². The SMILES string of the molecule is CNC(=O)NC(=O)[C@H](OC(=O)CCSc1ccccc1)c1ccccc1. The molecule has 1 atom stereocenters. The zero-order chi connectivity index (χ0) is 18.8. The molecule has 2 N–H and O–H groups in total. The average Bonchev–Trinajstić information content (AvgIpc) is 2.67. The first-order valence-corrected chi connectivity index (χ1v) is 9.03. The van der Waals surface area contributed by atoms with Crippen molar-refractivity contribution in [3.63, 3.8) is 0 Å². The number of amides is 3. The maximum Gasteiger partial charge on any atom is 0.321 e. The second kappa shape index (κ2) is 10.2. The van der Waals surface area contributed by atoms with Gasteiger partial charge in [-0.05, 0) is 12.1 Å². The van der Waals surface area contributed by atoms with Gasteiger partial charge in [-0.15, -0.1) is 11.8 Å². The van der Waals surface area contributed by atoms with Crippen molar-refractivity contribution >= 4 is 29.7 Å². The quantitative estimate of drug-likeness (QED) is 0.577. The molecule has 26 heavy (non-hydrogen) atoms. The van der Waals surface area contributed by atoms with Crippen LogP contribution >= 0.6 is 11.8 Å². The van der Waals surface area contributed by atoms with Crippen LogP contribution in [-0.4, -0.2) is 30.7 Å². The van der Waals surface area contributed by atoms with Gasteiger partial charge in [0.2, 0.25) is 6.10 Å². The second-order valence-corrected chi connectivity index (χ2v) is 6.43. The predicted octanol–water partition coefficient (Wildman–Crippen LogP) is 2.91. The molecule has 0 unspecified atom stereocenters. The number of carbonyl (C=O) groups excluding carboxylic acids is 3. The van der Waals surface area contributed by atoms with E-state index in [2.05, 4.69) is 10.6 Å². The molecule has 0 aromatic heterocycles. The molecule has 0 saturated carbocycles. The first kappa shape index (κ1) is 19.5. The fraction of sp³-hybridized carbons (Fsp3) is 0.211. The Morgan fingerprint density at radius 3 is 2.23 bits per heavy atom. The number of hydrogen-bond acceptors (Lipinski definition) is 5. The zero-order valence-corrected chi connectivity index (χ0v) is 15.1. The molecule has 136 valence electrons. The molecule has 0 heterocycles. The molecule has 2 aromatic carbocycles. The first-order chi connectivity index (χ1) is 12.6. The molecule has 7 heteroatoms. The van der Waals surface area contributed by atoms with E-state index in [1.165, 1.54) is 18.8 Å². The van der Waals surface area contributed by atoms with Gasteiger partial charge < -0.3 is 10.1 Å². The molecule has 6 nitrogen and oxygen atoms in total. The Balaban J connectivity index is 1.95. The van der Waals surface area contributed by atoms with E-state index in [9.17, 15) is 14.4 Å². The van der Waals surface area contributed by atoms with Gasteiger partial charge in [0.25, 0.3) is 5.91 Å². The Morgan fingerprint density at radius 2 is 1.62 bits per heavy atom. The van der Waals surface area contributed by atoms with E-state index in [1.807, 2.05) is 30.3 Å². The van der Waals surface area contributed by atoms with Crippen LogP contribution in [-0.2, 0) is 14.3 Å². The van der Waals surface area contributed by atoms with E-state index < -0.39 is 24.0 Å². The highest BCUT2D eigenvalue weighted by atomic mass is 32.2. The standard InChI is InChI=1S/C19H20N2O4S/c1-20-19(24)21-18(23)17(14-8-4-2-5-9-14)25-16(22)12-13-26-15-10-6-3-7-11-15/h2-11,17H,12-13H2,1H3,(H2,20,21,23,24)/t17-/m1/s1. The highest BCUT2D eigenvalue weighted by Gasteiger charge is 2.26. The first-order valence-electron chi connectivity index (χ1n) is 8.05. The third-order valence-electron chi connectivity index (χ3n) is 3.37. The Bertz CT molecular complexity index is 738. The molecule has 0 aliphatic carbocycles. The van der Waals surface area contributed by atoms with Crippen molar-refractivity contribution in [2.45, 2.75) is 17.4 Å². The van der Waals surface area contributed by atoms with Crippen LogP contribution in [0.15, 0.2) is 65.6 Å². The van der Waals surface area contributed by atoms with Crippen molar-refractivity contribution in [1.82, 2.24) is 10.6 Å². The summed E-state index contributed by atoms with van der Waals surface area (Å²) >= 11 is 1.53. The van der Waals surface area contributed by atoms with Crippen LogP contribution in [0.4, 0.5) is 4.79 Å². The van der Waals surface area contributed by atoms with E-state index in [1.54, 1.807) is 30.3 Å². The van der Waals surface area contributed by atoms with Crippen molar-refractivity contribution in [2.75, 3.05) is 12.8 Å². The minimum atomic E-state index is -1.18. The van der Waals surface area contributed by atoms with Gasteiger partial charge in [-0.2, -0.15) is 0 Å². The summed E-state index contributed by atoms with van der Waals surface area (Å²) in [4.78, 5) is 36.9. The summed E-state index contributed by atoms with van der Waals surface area (Å²) in [6, 6.07) is 17.6. The van der Waals surface area contributed by atoms with Crippen LogP contribution in [0.5, 0.6) is 0 Å². The molecule has 2 rings (SSSR count). The van der Waals surface area contributed by atoms with Crippen LogP contribution in [0.3, 0.4) is 0 Å². The van der Waals surface area contributed by atoms with Gasteiger partial charge in [-0.25, -0.2) is 4.79 Å². The summed E-state index contributed by atoms with van der Waals surface area (Å²) in [6.45, 7) is 0. The molecular formula is C19H20N2O4S. The van der Waals surface area contributed by atoms with Gasteiger partial charge in [0.05, 0.1) is 6.42 Å². The highest BCUT2D eigenvalue weighted by Crippen LogP contribution is 2.21. The average molecular weight is 372 g/mol. The van der Waals surface area contributed by atoms with Crippen molar-refractivity contribution in [1.29, 1.82) is 0 Å². The maximum absolute atomic E-state index is 12.3. The van der Waals surface area contributed by atoms with E-state index >= 15 is 0 Å². The van der Waals surface area contributed by atoms with Gasteiger partial charge in [0.1, 0.15) is 0 Å². The lowest BCUT2D eigenvalue weighted by atomic mass is 10.1. The number of hydrogen-bond donors (Lipinski definition) is 2. The predicted molar refractivity (Wildman–Crippen MR) is 99.7 cm³/mol. The van der Waals surface area contributed by atoms with Gasteiger partial charge in [-0.1, -0.05) is 48.5 Å². The number of imide groups is 1. The topological polar surface area (TPSA) is 84.5 Å². The van der Waals surface area contributed by atoms with Crippen molar-refractivity contribution < 1.29 is 19.1 Å². The number of carbonyl (C=O) groups is 3. The smallest absolute Gasteiger partial charge is 0.321 e. The normalized spacial score (nSPS) is 11.3.